The van der Waals surface area contributed by atoms with E-state index >= 15 is 0 Å². The summed E-state index contributed by atoms with van der Waals surface area (Å²) >= 11 is 4.50. The second kappa shape index (κ2) is 8.25. The van der Waals surface area contributed by atoms with Gasteiger partial charge in [-0.25, -0.2) is 0 Å². The third-order valence-electron chi connectivity index (χ3n) is 5.04. The van der Waals surface area contributed by atoms with Crippen molar-refractivity contribution in [3.8, 4) is 11.5 Å². The van der Waals surface area contributed by atoms with Gasteiger partial charge in [-0.1, -0.05) is 20.4 Å². The molecule has 0 amide bonds. The number of aliphatic imine (C=N–C) groups is 1. The SMILES string of the molecule is C=C(S)N(/C(=N\C)c1cc(C(C)C)c(O)cc1O)c1ccc2c(ccn2CC)c1. The molecule has 3 rings (SSSR count). The number of hydrogen-bond acceptors (Lipinski definition) is 4. The van der Waals surface area contributed by atoms with Gasteiger partial charge >= 0.3 is 0 Å². The first-order chi connectivity index (χ1) is 13.8. The smallest absolute Gasteiger partial charge is 0.143 e. The molecular weight excluding hydrogens is 382 g/mol. The summed E-state index contributed by atoms with van der Waals surface area (Å²) in [5, 5.41) is 22.3. The van der Waals surface area contributed by atoms with E-state index in [4.69, 9.17) is 0 Å². The molecule has 2 aromatic carbocycles. The van der Waals surface area contributed by atoms with Gasteiger partial charge in [0, 0.05) is 42.4 Å². The molecule has 29 heavy (non-hydrogen) atoms. The first-order valence-electron chi connectivity index (χ1n) is 9.58. The van der Waals surface area contributed by atoms with E-state index in [1.54, 1.807) is 18.0 Å². The number of fused-ring (bicyclic) bond motifs is 1. The van der Waals surface area contributed by atoms with Crippen molar-refractivity contribution in [2.75, 3.05) is 11.9 Å². The summed E-state index contributed by atoms with van der Waals surface area (Å²) in [4.78, 5) is 6.23. The van der Waals surface area contributed by atoms with Crippen molar-refractivity contribution in [3.63, 3.8) is 0 Å². The molecule has 0 aliphatic carbocycles. The first-order valence-corrected chi connectivity index (χ1v) is 10.0. The van der Waals surface area contributed by atoms with Crippen LogP contribution in [0.25, 0.3) is 10.9 Å². The lowest BCUT2D eigenvalue weighted by Gasteiger charge is -2.27. The van der Waals surface area contributed by atoms with Crippen LogP contribution in [0.15, 0.2) is 59.2 Å². The predicted molar refractivity (Wildman–Crippen MR) is 125 cm³/mol. The third kappa shape index (κ3) is 3.85. The predicted octanol–water partition coefficient (Wildman–Crippen LogP) is 5.48. The fourth-order valence-corrected chi connectivity index (χ4v) is 3.78. The molecule has 0 aliphatic rings. The second-order valence-electron chi connectivity index (χ2n) is 7.23. The van der Waals surface area contributed by atoms with Crippen LogP contribution in [0, 0.1) is 0 Å². The average Bonchev–Trinajstić information content (AvgIpc) is 3.08. The van der Waals surface area contributed by atoms with Crippen LogP contribution in [-0.2, 0) is 6.54 Å². The number of aromatic hydroxyl groups is 2. The lowest BCUT2D eigenvalue weighted by molar-refractivity contribution is 0.443. The van der Waals surface area contributed by atoms with Crippen molar-refractivity contribution in [2.45, 2.75) is 33.2 Å². The summed E-state index contributed by atoms with van der Waals surface area (Å²) in [6.45, 7) is 11.0. The molecular formula is C23H27N3O2S. The highest BCUT2D eigenvalue weighted by Crippen LogP contribution is 2.35. The third-order valence-corrected chi connectivity index (χ3v) is 5.24. The van der Waals surface area contributed by atoms with Crippen LogP contribution in [0.2, 0.25) is 0 Å². The molecule has 0 aliphatic heterocycles. The van der Waals surface area contributed by atoms with E-state index in [-0.39, 0.29) is 17.4 Å². The van der Waals surface area contributed by atoms with Gasteiger partial charge in [-0.2, -0.15) is 0 Å². The second-order valence-corrected chi connectivity index (χ2v) is 7.74. The van der Waals surface area contributed by atoms with Gasteiger partial charge in [-0.05, 0) is 48.7 Å². The molecule has 0 saturated heterocycles. The molecule has 152 valence electrons. The maximum absolute atomic E-state index is 10.6. The number of thiol groups is 1. The molecule has 3 aromatic rings. The van der Waals surface area contributed by atoms with E-state index in [0.717, 1.165) is 28.7 Å². The summed E-state index contributed by atoms with van der Waals surface area (Å²) in [6, 6.07) is 11.3. The zero-order chi connectivity index (χ0) is 21.3. The highest BCUT2D eigenvalue weighted by molar-refractivity contribution is 7.84. The van der Waals surface area contributed by atoms with Crippen molar-refractivity contribution in [2.24, 2.45) is 4.99 Å². The van der Waals surface area contributed by atoms with Gasteiger partial charge in [0.05, 0.1) is 10.6 Å². The van der Waals surface area contributed by atoms with Crippen LogP contribution in [0.5, 0.6) is 11.5 Å². The number of phenols is 2. The molecule has 0 atom stereocenters. The van der Waals surface area contributed by atoms with Crippen molar-refractivity contribution < 1.29 is 10.2 Å². The Morgan fingerprint density at radius 2 is 1.90 bits per heavy atom. The Labute approximate surface area is 177 Å². The molecule has 0 saturated carbocycles. The van der Waals surface area contributed by atoms with E-state index in [0.29, 0.717) is 16.4 Å². The van der Waals surface area contributed by atoms with Gasteiger partial charge in [0.15, 0.2) is 0 Å². The van der Waals surface area contributed by atoms with Crippen molar-refractivity contribution >= 4 is 35.1 Å². The number of phenolic OH excluding ortho intramolecular Hbond substituents is 2. The molecule has 0 spiro atoms. The Kier molecular flexibility index (Phi) is 5.94. The lowest BCUT2D eigenvalue weighted by atomic mass is 9.98. The summed E-state index contributed by atoms with van der Waals surface area (Å²) in [7, 11) is 1.66. The number of nitrogens with zero attached hydrogens (tertiary/aromatic N) is 3. The molecule has 0 bridgehead atoms. The monoisotopic (exact) mass is 409 g/mol. The van der Waals surface area contributed by atoms with E-state index in [9.17, 15) is 10.2 Å². The maximum Gasteiger partial charge on any atom is 0.143 e. The van der Waals surface area contributed by atoms with E-state index in [1.165, 1.54) is 6.07 Å². The van der Waals surface area contributed by atoms with Gasteiger partial charge in [0.1, 0.15) is 17.3 Å². The van der Waals surface area contributed by atoms with E-state index in [1.807, 2.05) is 19.9 Å². The minimum atomic E-state index is -0.0507. The molecule has 6 heteroatoms. The summed E-state index contributed by atoms with van der Waals surface area (Å²) in [5.74, 6) is 0.601. The fraction of sp³-hybridized carbons (Fsp3) is 0.261. The zero-order valence-corrected chi connectivity index (χ0v) is 18.1. The number of benzene rings is 2. The molecule has 1 heterocycles. The van der Waals surface area contributed by atoms with Gasteiger partial charge in [0.2, 0.25) is 0 Å². The quantitative estimate of drug-likeness (QED) is 0.297. The molecule has 0 unspecified atom stereocenters. The minimum absolute atomic E-state index is 0.0507. The number of hydrogen-bond donors (Lipinski definition) is 3. The number of anilines is 1. The highest BCUT2D eigenvalue weighted by atomic mass is 32.1. The molecule has 0 radical (unpaired) electrons. The van der Waals surface area contributed by atoms with Gasteiger partial charge in [-0.3, -0.25) is 9.89 Å². The number of rotatable bonds is 5. The van der Waals surface area contributed by atoms with E-state index in [2.05, 4.69) is 60.1 Å². The van der Waals surface area contributed by atoms with Crippen LogP contribution in [-0.4, -0.2) is 27.7 Å². The van der Waals surface area contributed by atoms with Crippen molar-refractivity contribution in [3.05, 3.63) is 65.3 Å². The van der Waals surface area contributed by atoms with Gasteiger partial charge in [-0.15, -0.1) is 12.6 Å². The number of amidine groups is 1. The highest BCUT2D eigenvalue weighted by Gasteiger charge is 2.22. The number of aryl methyl sites for hydroxylation is 1. The zero-order valence-electron chi connectivity index (χ0n) is 17.2. The van der Waals surface area contributed by atoms with Crippen LogP contribution in [0.1, 0.15) is 37.8 Å². The summed E-state index contributed by atoms with van der Waals surface area (Å²) < 4.78 is 2.18. The number of aromatic nitrogens is 1. The van der Waals surface area contributed by atoms with Gasteiger partial charge < -0.3 is 14.8 Å². The first kappa shape index (κ1) is 20.9. The van der Waals surface area contributed by atoms with Crippen LogP contribution in [0.4, 0.5) is 5.69 Å². The topological polar surface area (TPSA) is 61.0 Å². The van der Waals surface area contributed by atoms with Gasteiger partial charge in [0.25, 0.3) is 0 Å². The standard InChI is InChI=1S/C23H27N3O2S/c1-6-25-10-9-16-11-17(7-8-20(16)25)26(15(4)29)23(24-5)19-12-18(14(2)3)21(27)13-22(19)28/h7-14,27-29H,4,6H2,1-3,5H3/b24-23-. The Morgan fingerprint density at radius 3 is 2.48 bits per heavy atom. The Morgan fingerprint density at radius 1 is 1.17 bits per heavy atom. The van der Waals surface area contributed by atoms with Crippen molar-refractivity contribution in [1.29, 1.82) is 0 Å². The van der Waals surface area contributed by atoms with Crippen molar-refractivity contribution in [1.82, 2.24) is 4.57 Å². The maximum atomic E-state index is 10.6. The Hall–Kier alpha value is -2.86. The molecule has 0 fully saturated rings. The van der Waals surface area contributed by atoms with Crippen LogP contribution in [0.3, 0.4) is 0 Å². The van der Waals surface area contributed by atoms with Crippen LogP contribution >= 0.6 is 12.6 Å². The largest absolute Gasteiger partial charge is 0.508 e. The molecule has 1 aromatic heterocycles. The Balaban J connectivity index is 2.16. The van der Waals surface area contributed by atoms with E-state index < -0.39 is 0 Å². The van der Waals surface area contributed by atoms with Crippen LogP contribution < -0.4 is 4.90 Å². The Bertz CT molecular complexity index is 1100. The lowest BCUT2D eigenvalue weighted by Crippen LogP contribution is -2.29. The minimum Gasteiger partial charge on any atom is -0.508 e. The molecule has 2 N–H and O–H groups in total. The molecule has 5 nitrogen and oxygen atoms in total. The summed E-state index contributed by atoms with van der Waals surface area (Å²) in [6.07, 6.45) is 2.06. The summed E-state index contributed by atoms with van der Waals surface area (Å²) in [5.41, 5.74) is 3.23. The normalized spacial score (nSPS) is 12.0. The fourth-order valence-electron chi connectivity index (χ4n) is 3.57. The average molecular weight is 410 g/mol.